The Labute approximate surface area is 112 Å². The lowest BCUT2D eigenvalue weighted by molar-refractivity contribution is 0.489. The van der Waals surface area contributed by atoms with Crippen molar-refractivity contribution in [2.24, 2.45) is 5.92 Å². The topological polar surface area (TPSA) is 32.9 Å². The second-order valence-corrected chi connectivity index (χ2v) is 4.51. The fourth-order valence-electron chi connectivity index (χ4n) is 2.21. The second kappa shape index (κ2) is 8.12. The summed E-state index contributed by atoms with van der Waals surface area (Å²) in [5, 5.41) is 0. The number of fused-ring (bicyclic) bond motifs is 1. The van der Waals surface area contributed by atoms with Crippen LogP contribution in [0, 0.1) is 19.8 Å². The molecular formula is C16H29NO. The molecule has 1 aromatic rings. The highest BCUT2D eigenvalue weighted by atomic mass is 16.1. The fraction of sp³-hybridized carbons (Fsp3) is 0.688. The highest BCUT2D eigenvalue weighted by molar-refractivity contribution is 5.31. The van der Waals surface area contributed by atoms with Crippen LogP contribution in [0.25, 0.3) is 0 Å². The van der Waals surface area contributed by atoms with Gasteiger partial charge in [0, 0.05) is 22.5 Å². The van der Waals surface area contributed by atoms with Crippen LogP contribution in [0.4, 0.5) is 0 Å². The van der Waals surface area contributed by atoms with Crippen molar-refractivity contribution >= 4 is 0 Å². The molecule has 2 rings (SSSR count). The van der Waals surface area contributed by atoms with E-state index in [0.717, 1.165) is 36.1 Å². The van der Waals surface area contributed by atoms with Gasteiger partial charge in [0.25, 0.3) is 0 Å². The summed E-state index contributed by atoms with van der Waals surface area (Å²) in [7, 11) is 0. The van der Waals surface area contributed by atoms with Gasteiger partial charge in [-0.3, -0.25) is 4.79 Å². The monoisotopic (exact) mass is 251 g/mol. The van der Waals surface area contributed by atoms with Crippen LogP contribution >= 0.6 is 0 Å². The number of aryl methyl sites for hydroxylation is 1. The van der Waals surface area contributed by atoms with Gasteiger partial charge in [-0.1, -0.05) is 34.6 Å². The summed E-state index contributed by atoms with van der Waals surface area (Å²) in [5.41, 5.74) is 4.40. The lowest BCUT2D eigenvalue weighted by atomic mass is 9.87. The first-order valence-corrected chi connectivity index (χ1v) is 7.31. The van der Waals surface area contributed by atoms with Crippen LogP contribution < -0.4 is 5.43 Å². The zero-order valence-corrected chi connectivity index (χ0v) is 13.1. The molecule has 0 saturated carbocycles. The van der Waals surface area contributed by atoms with Gasteiger partial charge < -0.3 is 4.98 Å². The Balaban J connectivity index is 0.000000659. The molecule has 0 fully saturated rings. The molecule has 1 aliphatic carbocycles. The summed E-state index contributed by atoms with van der Waals surface area (Å²) in [4.78, 5) is 15.3. The second-order valence-electron chi connectivity index (χ2n) is 4.51. The van der Waals surface area contributed by atoms with Crippen LogP contribution in [0.15, 0.2) is 4.79 Å². The van der Waals surface area contributed by atoms with Crippen molar-refractivity contribution in [2.75, 3.05) is 0 Å². The average Bonchev–Trinajstić information content (AvgIpc) is 2.40. The predicted molar refractivity (Wildman–Crippen MR) is 80.4 cm³/mol. The lowest BCUT2D eigenvalue weighted by Gasteiger charge is -2.21. The normalized spacial score (nSPS) is 16.7. The summed E-state index contributed by atoms with van der Waals surface area (Å²) in [6.45, 7) is 14.1. The number of hydrogen-bond acceptors (Lipinski definition) is 1. The molecule has 1 heterocycles. The predicted octanol–water partition coefficient (Wildman–Crippen LogP) is 4.17. The molecular weight excluding hydrogens is 222 g/mol. The standard InChI is InChI=1S/C12H17NO.2C2H6/c1-7-4-5-10-11(6-7)13-9(3)8(2)12(10)14;2*1-2/h7H,4-6H2,1-3H3,(H,13,14);2*1-2H3. The SMILES string of the molecule is CC.CC.Cc1[nH]c2c(c(=O)c1C)CCC(C)C2. The van der Waals surface area contributed by atoms with Gasteiger partial charge in [-0.15, -0.1) is 0 Å². The average molecular weight is 251 g/mol. The molecule has 0 radical (unpaired) electrons. The van der Waals surface area contributed by atoms with E-state index in [1.54, 1.807) is 0 Å². The third-order valence-electron chi connectivity index (χ3n) is 3.32. The van der Waals surface area contributed by atoms with Crippen molar-refractivity contribution in [3.8, 4) is 0 Å². The third kappa shape index (κ3) is 3.72. The zero-order valence-electron chi connectivity index (χ0n) is 13.1. The van der Waals surface area contributed by atoms with E-state index in [-0.39, 0.29) is 5.43 Å². The first-order chi connectivity index (χ1) is 8.59. The molecule has 1 aromatic heterocycles. The molecule has 0 bridgehead atoms. The maximum Gasteiger partial charge on any atom is 0.188 e. The molecule has 104 valence electrons. The van der Waals surface area contributed by atoms with Crippen LogP contribution in [0.2, 0.25) is 0 Å². The molecule has 2 nitrogen and oxygen atoms in total. The van der Waals surface area contributed by atoms with E-state index in [4.69, 9.17) is 0 Å². The quantitative estimate of drug-likeness (QED) is 0.737. The van der Waals surface area contributed by atoms with Crippen LogP contribution in [0.5, 0.6) is 0 Å². The van der Waals surface area contributed by atoms with Gasteiger partial charge in [0.2, 0.25) is 0 Å². The van der Waals surface area contributed by atoms with E-state index in [9.17, 15) is 4.79 Å². The molecule has 1 atom stereocenters. The summed E-state index contributed by atoms with van der Waals surface area (Å²) in [5.74, 6) is 0.709. The van der Waals surface area contributed by atoms with Gasteiger partial charge in [-0.05, 0) is 39.0 Å². The third-order valence-corrected chi connectivity index (χ3v) is 3.32. The molecule has 1 aliphatic rings. The fourth-order valence-corrected chi connectivity index (χ4v) is 2.21. The van der Waals surface area contributed by atoms with Crippen molar-refractivity contribution in [1.29, 1.82) is 0 Å². The number of hydrogen-bond donors (Lipinski definition) is 1. The van der Waals surface area contributed by atoms with Crippen LogP contribution in [-0.2, 0) is 12.8 Å². The van der Waals surface area contributed by atoms with Gasteiger partial charge in [-0.25, -0.2) is 0 Å². The molecule has 18 heavy (non-hydrogen) atoms. The summed E-state index contributed by atoms with van der Waals surface area (Å²) < 4.78 is 0. The number of aromatic amines is 1. The summed E-state index contributed by atoms with van der Waals surface area (Å²) >= 11 is 0. The van der Waals surface area contributed by atoms with Crippen molar-refractivity contribution in [1.82, 2.24) is 4.98 Å². The molecule has 1 unspecified atom stereocenters. The van der Waals surface area contributed by atoms with E-state index >= 15 is 0 Å². The highest BCUT2D eigenvalue weighted by Crippen LogP contribution is 2.22. The number of H-pyrrole nitrogens is 1. The van der Waals surface area contributed by atoms with Gasteiger partial charge in [0.1, 0.15) is 0 Å². The van der Waals surface area contributed by atoms with Crippen molar-refractivity contribution in [3.05, 3.63) is 32.7 Å². The molecule has 0 saturated heterocycles. The minimum absolute atomic E-state index is 0.267. The maximum atomic E-state index is 11.9. The first kappa shape index (κ1) is 16.9. The molecule has 0 amide bonds. The maximum absolute atomic E-state index is 11.9. The Morgan fingerprint density at radius 2 is 1.67 bits per heavy atom. The Hall–Kier alpha value is -1.05. The lowest BCUT2D eigenvalue weighted by Crippen LogP contribution is -2.24. The Kier molecular flexibility index (Phi) is 7.65. The Bertz CT molecular complexity index is 418. The number of aromatic nitrogens is 1. The van der Waals surface area contributed by atoms with Gasteiger partial charge >= 0.3 is 0 Å². The number of nitrogens with one attached hydrogen (secondary N) is 1. The van der Waals surface area contributed by atoms with Gasteiger partial charge in [0.15, 0.2) is 5.43 Å². The Morgan fingerprint density at radius 1 is 1.11 bits per heavy atom. The van der Waals surface area contributed by atoms with E-state index < -0.39 is 0 Å². The molecule has 0 aliphatic heterocycles. The van der Waals surface area contributed by atoms with Crippen molar-refractivity contribution in [3.63, 3.8) is 0 Å². The van der Waals surface area contributed by atoms with E-state index in [1.807, 2.05) is 41.5 Å². The summed E-state index contributed by atoms with van der Waals surface area (Å²) in [6.07, 6.45) is 3.14. The number of rotatable bonds is 0. The van der Waals surface area contributed by atoms with Crippen molar-refractivity contribution < 1.29 is 0 Å². The molecule has 2 heteroatoms. The zero-order chi connectivity index (χ0) is 14.3. The van der Waals surface area contributed by atoms with E-state index in [2.05, 4.69) is 11.9 Å². The van der Waals surface area contributed by atoms with Crippen LogP contribution in [0.1, 0.15) is 63.6 Å². The van der Waals surface area contributed by atoms with Crippen LogP contribution in [-0.4, -0.2) is 4.98 Å². The number of pyridine rings is 1. The minimum atomic E-state index is 0.267. The molecule has 0 spiro atoms. The van der Waals surface area contributed by atoms with Gasteiger partial charge in [0.05, 0.1) is 0 Å². The highest BCUT2D eigenvalue weighted by Gasteiger charge is 2.19. The molecule has 1 N–H and O–H groups in total. The Morgan fingerprint density at radius 3 is 2.22 bits per heavy atom. The first-order valence-electron chi connectivity index (χ1n) is 7.31. The minimum Gasteiger partial charge on any atom is -0.362 e. The van der Waals surface area contributed by atoms with E-state index in [1.165, 1.54) is 5.69 Å². The summed E-state index contributed by atoms with van der Waals surface area (Å²) in [6, 6.07) is 0. The van der Waals surface area contributed by atoms with Crippen molar-refractivity contribution in [2.45, 2.75) is 67.7 Å². The molecule has 0 aromatic carbocycles. The van der Waals surface area contributed by atoms with Gasteiger partial charge in [-0.2, -0.15) is 0 Å². The van der Waals surface area contributed by atoms with Crippen LogP contribution in [0.3, 0.4) is 0 Å². The van der Waals surface area contributed by atoms with E-state index in [0.29, 0.717) is 5.92 Å². The smallest absolute Gasteiger partial charge is 0.188 e. The largest absolute Gasteiger partial charge is 0.362 e.